The second-order valence-corrected chi connectivity index (χ2v) is 7.06. The van der Waals surface area contributed by atoms with Gasteiger partial charge in [-0.3, -0.25) is 4.79 Å². The minimum atomic E-state index is -0.427. The van der Waals surface area contributed by atoms with E-state index in [1.54, 1.807) is 40.5 Å². The van der Waals surface area contributed by atoms with Crippen molar-refractivity contribution < 1.29 is 9.59 Å². The maximum Gasteiger partial charge on any atom is 0.322 e. The predicted octanol–water partition coefficient (Wildman–Crippen LogP) is 3.71. The van der Waals surface area contributed by atoms with Gasteiger partial charge in [-0.25, -0.2) is 4.79 Å². The van der Waals surface area contributed by atoms with Crippen LogP contribution in [0.3, 0.4) is 0 Å². The highest BCUT2D eigenvalue weighted by molar-refractivity contribution is 7.09. The Balaban J connectivity index is 1.59. The van der Waals surface area contributed by atoms with Crippen molar-refractivity contribution in [3.8, 4) is 0 Å². The van der Waals surface area contributed by atoms with Gasteiger partial charge in [-0.05, 0) is 42.5 Å². The van der Waals surface area contributed by atoms with Crippen molar-refractivity contribution in [2.45, 2.75) is 25.4 Å². The van der Waals surface area contributed by atoms with Crippen LogP contribution in [0.15, 0.2) is 41.8 Å². The summed E-state index contributed by atoms with van der Waals surface area (Å²) in [6.45, 7) is 1.07. The summed E-state index contributed by atoms with van der Waals surface area (Å²) in [6, 6.07) is 10.2. The smallest absolute Gasteiger partial charge is 0.322 e. The molecular formula is C17H18ClN3O2S. The number of hydrogen-bond acceptors (Lipinski definition) is 3. The third kappa shape index (κ3) is 4.07. The molecule has 1 fully saturated rings. The van der Waals surface area contributed by atoms with Gasteiger partial charge in [0.05, 0.1) is 6.54 Å². The number of benzene rings is 1. The molecule has 24 heavy (non-hydrogen) atoms. The first kappa shape index (κ1) is 16.8. The molecule has 2 N–H and O–H groups in total. The van der Waals surface area contributed by atoms with E-state index in [1.807, 2.05) is 17.5 Å². The lowest BCUT2D eigenvalue weighted by molar-refractivity contribution is -0.124. The lowest BCUT2D eigenvalue weighted by atomic mass is 10.2. The summed E-state index contributed by atoms with van der Waals surface area (Å²) in [5.74, 6) is -0.109. The molecule has 1 aromatic heterocycles. The van der Waals surface area contributed by atoms with E-state index in [0.29, 0.717) is 30.2 Å². The Morgan fingerprint density at radius 1 is 1.29 bits per heavy atom. The first-order valence-corrected chi connectivity index (χ1v) is 9.02. The van der Waals surface area contributed by atoms with Crippen molar-refractivity contribution in [1.29, 1.82) is 0 Å². The van der Waals surface area contributed by atoms with Gasteiger partial charge in [0.2, 0.25) is 5.91 Å². The molecule has 0 bridgehead atoms. The lowest BCUT2D eigenvalue weighted by Gasteiger charge is -2.24. The number of anilines is 1. The van der Waals surface area contributed by atoms with E-state index in [2.05, 4.69) is 10.6 Å². The molecule has 126 valence electrons. The second-order valence-electron chi connectivity index (χ2n) is 5.59. The zero-order valence-electron chi connectivity index (χ0n) is 13.0. The number of amides is 3. The summed E-state index contributed by atoms with van der Waals surface area (Å²) in [6.07, 6.45) is 1.50. The van der Waals surface area contributed by atoms with Gasteiger partial charge in [-0.2, -0.15) is 0 Å². The quantitative estimate of drug-likeness (QED) is 0.869. The number of nitrogens with zero attached hydrogens (tertiary/aromatic N) is 1. The van der Waals surface area contributed by atoms with Crippen molar-refractivity contribution in [2.24, 2.45) is 0 Å². The van der Waals surface area contributed by atoms with Gasteiger partial charge in [0.1, 0.15) is 6.04 Å². The molecule has 1 aliphatic rings. The van der Waals surface area contributed by atoms with E-state index >= 15 is 0 Å². The van der Waals surface area contributed by atoms with Crippen LogP contribution >= 0.6 is 22.9 Å². The summed E-state index contributed by atoms with van der Waals surface area (Å²) in [5, 5.41) is 8.25. The Labute approximate surface area is 149 Å². The molecule has 3 rings (SSSR count). The average Bonchev–Trinajstić information content (AvgIpc) is 3.24. The number of rotatable bonds is 4. The summed E-state index contributed by atoms with van der Waals surface area (Å²) in [4.78, 5) is 27.6. The molecule has 2 heterocycles. The van der Waals surface area contributed by atoms with Crippen molar-refractivity contribution in [3.05, 3.63) is 51.7 Å². The monoisotopic (exact) mass is 363 g/mol. The molecule has 0 saturated carbocycles. The van der Waals surface area contributed by atoms with Gasteiger partial charge >= 0.3 is 6.03 Å². The first-order chi connectivity index (χ1) is 11.6. The van der Waals surface area contributed by atoms with Crippen molar-refractivity contribution in [2.75, 3.05) is 11.9 Å². The number of carbonyl (C=O) groups excluding carboxylic acids is 2. The molecule has 0 spiro atoms. The maximum absolute atomic E-state index is 12.5. The summed E-state index contributed by atoms with van der Waals surface area (Å²) in [5.41, 5.74) is 0.622. The van der Waals surface area contributed by atoms with Crippen LogP contribution in [0.2, 0.25) is 5.02 Å². The number of halogens is 1. The van der Waals surface area contributed by atoms with Gasteiger partial charge < -0.3 is 15.5 Å². The molecule has 0 radical (unpaired) electrons. The van der Waals surface area contributed by atoms with E-state index in [0.717, 1.165) is 11.3 Å². The van der Waals surface area contributed by atoms with Crippen molar-refractivity contribution in [1.82, 2.24) is 10.2 Å². The molecule has 0 unspecified atom stereocenters. The highest BCUT2D eigenvalue weighted by Crippen LogP contribution is 2.21. The fourth-order valence-electron chi connectivity index (χ4n) is 2.75. The lowest BCUT2D eigenvalue weighted by Crippen LogP contribution is -2.47. The molecule has 5 nitrogen and oxygen atoms in total. The molecule has 7 heteroatoms. The van der Waals surface area contributed by atoms with Gasteiger partial charge in [-0.15, -0.1) is 11.3 Å². The van der Waals surface area contributed by atoms with Gasteiger partial charge in [0.15, 0.2) is 0 Å². The zero-order chi connectivity index (χ0) is 16.9. The van der Waals surface area contributed by atoms with E-state index < -0.39 is 6.04 Å². The van der Waals surface area contributed by atoms with E-state index in [1.165, 1.54) is 0 Å². The SMILES string of the molecule is O=C(NCc1cccs1)[C@H]1CCCN1C(=O)Nc1cccc(Cl)c1. The second kappa shape index (κ2) is 7.68. The summed E-state index contributed by atoms with van der Waals surface area (Å²) < 4.78 is 0. The average molecular weight is 364 g/mol. The van der Waals surface area contributed by atoms with Crippen molar-refractivity contribution in [3.63, 3.8) is 0 Å². The number of nitrogens with one attached hydrogen (secondary N) is 2. The maximum atomic E-state index is 12.5. The van der Waals surface area contributed by atoms with E-state index in [-0.39, 0.29) is 11.9 Å². The van der Waals surface area contributed by atoms with Crippen LogP contribution in [0, 0.1) is 0 Å². The largest absolute Gasteiger partial charge is 0.349 e. The molecule has 1 aromatic carbocycles. The Morgan fingerprint density at radius 2 is 2.17 bits per heavy atom. The normalized spacial score (nSPS) is 16.9. The Hall–Kier alpha value is -2.05. The molecule has 0 aliphatic carbocycles. The highest BCUT2D eigenvalue weighted by atomic mass is 35.5. The van der Waals surface area contributed by atoms with Crippen LogP contribution in [0.25, 0.3) is 0 Å². The molecule has 2 aromatic rings. The zero-order valence-corrected chi connectivity index (χ0v) is 14.6. The third-order valence-electron chi connectivity index (χ3n) is 3.91. The Morgan fingerprint density at radius 3 is 2.92 bits per heavy atom. The number of likely N-dealkylation sites (tertiary alicyclic amines) is 1. The highest BCUT2D eigenvalue weighted by Gasteiger charge is 2.34. The van der Waals surface area contributed by atoms with Crippen LogP contribution in [-0.2, 0) is 11.3 Å². The first-order valence-electron chi connectivity index (χ1n) is 7.77. The van der Waals surface area contributed by atoms with E-state index in [4.69, 9.17) is 11.6 Å². The number of urea groups is 1. The molecule has 1 saturated heterocycles. The molecule has 1 atom stereocenters. The Bertz CT molecular complexity index is 720. The predicted molar refractivity (Wildman–Crippen MR) is 96.4 cm³/mol. The fourth-order valence-corrected chi connectivity index (χ4v) is 3.58. The van der Waals surface area contributed by atoms with Gasteiger partial charge in [0, 0.05) is 22.1 Å². The summed E-state index contributed by atoms with van der Waals surface area (Å²) in [7, 11) is 0. The standard InChI is InChI=1S/C17H18ClN3O2S/c18-12-4-1-5-13(10-12)20-17(23)21-8-2-7-15(21)16(22)19-11-14-6-3-9-24-14/h1,3-6,9-10,15H,2,7-8,11H2,(H,19,22)(H,20,23)/t15-/m1/s1. The molecular weight excluding hydrogens is 346 g/mol. The minimum absolute atomic E-state index is 0.109. The molecule has 3 amide bonds. The third-order valence-corrected chi connectivity index (χ3v) is 5.02. The van der Waals surface area contributed by atoms with Gasteiger partial charge in [-0.1, -0.05) is 23.7 Å². The van der Waals surface area contributed by atoms with Crippen LogP contribution in [-0.4, -0.2) is 29.4 Å². The van der Waals surface area contributed by atoms with Crippen LogP contribution in [0.5, 0.6) is 0 Å². The topological polar surface area (TPSA) is 61.4 Å². The number of carbonyl (C=O) groups is 2. The number of hydrogen-bond donors (Lipinski definition) is 2. The number of thiophene rings is 1. The van der Waals surface area contributed by atoms with Crippen LogP contribution < -0.4 is 10.6 Å². The van der Waals surface area contributed by atoms with E-state index in [9.17, 15) is 9.59 Å². The van der Waals surface area contributed by atoms with Crippen LogP contribution in [0.4, 0.5) is 10.5 Å². The summed E-state index contributed by atoms with van der Waals surface area (Å²) >= 11 is 7.53. The van der Waals surface area contributed by atoms with Crippen LogP contribution in [0.1, 0.15) is 17.7 Å². The minimum Gasteiger partial charge on any atom is -0.349 e. The fraction of sp³-hybridized carbons (Fsp3) is 0.294. The Kier molecular flexibility index (Phi) is 5.37. The van der Waals surface area contributed by atoms with Crippen molar-refractivity contribution >= 4 is 40.6 Å². The molecule has 1 aliphatic heterocycles. The van der Waals surface area contributed by atoms with Gasteiger partial charge in [0.25, 0.3) is 0 Å².